The van der Waals surface area contributed by atoms with Gasteiger partial charge in [0.1, 0.15) is 28.8 Å². The Balaban J connectivity index is 1.52. The second kappa shape index (κ2) is 15.6. The van der Waals surface area contributed by atoms with Gasteiger partial charge >= 0.3 is 0 Å². The van der Waals surface area contributed by atoms with E-state index in [2.05, 4.69) is 9.88 Å². The molecule has 56 heavy (non-hydrogen) atoms. The summed E-state index contributed by atoms with van der Waals surface area (Å²) in [6.45, 7) is 0. The van der Waals surface area contributed by atoms with Gasteiger partial charge in [0.05, 0.1) is 56.6 Å². The fourth-order valence-electron chi connectivity index (χ4n) is 7.21. The Kier molecular flexibility index (Phi) is 10.3. The SMILES string of the molecule is COc1ccc(C2=NC(c3ccccc3Cl)(n3c(-c4ccccc4Cl)nc(-c4ccc(OC)cc4)c3-c3ccc(OC)cc3)NC2c2ccc(OC)cc2)cc1. The van der Waals surface area contributed by atoms with E-state index in [0.717, 1.165) is 56.7 Å². The summed E-state index contributed by atoms with van der Waals surface area (Å²) in [5, 5.41) is 5.07. The van der Waals surface area contributed by atoms with Crippen LogP contribution < -0.4 is 24.3 Å². The molecular weight excluding hydrogens is 743 g/mol. The van der Waals surface area contributed by atoms with E-state index in [0.29, 0.717) is 32.7 Å². The van der Waals surface area contributed by atoms with Crippen molar-refractivity contribution in [3.63, 3.8) is 0 Å². The van der Waals surface area contributed by atoms with Crippen LogP contribution in [0.15, 0.2) is 151 Å². The molecule has 0 radical (unpaired) electrons. The third kappa shape index (κ3) is 6.66. The molecule has 0 saturated heterocycles. The van der Waals surface area contributed by atoms with Crippen molar-refractivity contribution < 1.29 is 18.9 Å². The first kappa shape index (κ1) is 36.9. The van der Waals surface area contributed by atoms with Gasteiger partial charge in [-0.25, -0.2) is 9.98 Å². The first-order valence-corrected chi connectivity index (χ1v) is 18.7. The lowest BCUT2D eigenvalue weighted by molar-refractivity contribution is 0.308. The monoisotopic (exact) mass is 780 g/mol. The van der Waals surface area contributed by atoms with Crippen molar-refractivity contribution in [1.29, 1.82) is 0 Å². The van der Waals surface area contributed by atoms with Crippen LogP contribution in [0.3, 0.4) is 0 Å². The highest BCUT2D eigenvalue weighted by molar-refractivity contribution is 6.33. The van der Waals surface area contributed by atoms with Crippen molar-refractivity contribution in [2.45, 2.75) is 11.8 Å². The number of ether oxygens (including phenoxy) is 4. The molecule has 6 aromatic carbocycles. The van der Waals surface area contributed by atoms with Crippen LogP contribution in [0.2, 0.25) is 10.0 Å². The maximum atomic E-state index is 7.30. The summed E-state index contributed by atoms with van der Waals surface area (Å²) in [7, 11) is 6.62. The van der Waals surface area contributed by atoms with Gasteiger partial charge in [0.2, 0.25) is 5.79 Å². The zero-order valence-electron chi connectivity index (χ0n) is 31.2. The molecule has 280 valence electrons. The number of nitrogens with one attached hydrogen (secondary N) is 1. The van der Waals surface area contributed by atoms with Gasteiger partial charge in [-0.05, 0) is 114 Å². The molecule has 1 aliphatic heterocycles. The number of hydrogen-bond acceptors (Lipinski definition) is 7. The highest BCUT2D eigenvalue weighted by atomic mass is 35.5. The van der Waals surface area contributed by atoms with Gasteiger partial charge in [0.25, 0.3) is 0 Å². The first-order chi connectivity index (χ1) is 27.4. The van der Waals surface area contributed by atoms with Gasteiger partial charge in [-0.1, -0.05) is 65.7 Å². The molecule has 1 aromatic heterocycles. The number of hydrogen-bond donors (Lipinski definition) is 1. The average Bonchev–Trinajstić information content (AvgIpc) is 3.85. The van der Waals surface area contributed by atoms with Crippen LogP contribution in [0.1, 0.15) is 22.7 Å². The summed E-state index contributed by atoms with van der Waals surface area (Å²) in [6, 6.07) is 46.8. The number of aliphatic imine (C=N–C) groups is 1. The third-order valence-electron chi connectivity index (χ3n) is 10.0. The molecule has 1 N–H and O–H groups in total. The van der Waals surface area contributed by atoms with E-state index >= 15 is 0 Å². The molecule has 2 unspecified atom stereocenters. The van der Waals surface area contributed by atoms with Gasteiger partial charge in [0, 0.05) is 27.3 Å². The van der Waals surface area contributed by atoms with Crippen molar-refractivity contribution in [2.75, 3.05) is 28.4 Å². The van der Waals surface area contributed by atoms with E-state index in [9.17, 15) is 0 Å². The van der Waals surface area contributed by atoms with Crippen molar-refractivity contribution in [1.82, 2.24) is 14.9 Å². The van der Waals surface area contributed by atoms with Crippen LogP contribution in [0.4, 0.5) is 0 Å². The van der Waals surface area contributed by atoms with Crippen LogP contribution in [0, 0.1) is 0 Å². The number of imidazole rings is 1. The van der Waals surface area contributed by atoms with Crippen molar-refractivity contribution >= 4 is 28.9 Å². The minimum absolute atomic E-state index is 0.430. The molecule has 0 spiro atoms. The molecule has 0 saturated carbocycles. The summed E-state index contributed by atoms with van der Waals surface area (Å²) in [5.74, 6) is 2.12. The van der Waals surface area contributed by atoms with Gasteiger partial charge in [0.15, 0.2) is 0 Å². The van der Waals surface area contributed by atoms with Crippen molar-refractivity contribution in [2.24, 2.45) is 4.99 Å². The minimum Gasteiger partial charge on any atom is -0.497 e. The van der Waals surface area contributed by atoms with E-state index in [-0.39, 0.29) is 0 Å². The van der Waals surface area contributed by atoms with E-state index in [4.69, 9.17) is 52.1 Å². The lowest BCUT2D eigenvalue weighted by Gasteiger charge is -2.34. The summed E-state index contributed by atoms with van der Waals surface area (Å²) in [6.07, 6.45) is 0. The Hall–Kier alpha value is -6.06. The van der Waals surface area contributed by atoms with Gasteiger partial charge in [-0.3, -0.25) is 9.88 Å². The molecule has 0 aliphatic carbocycles. The Morgan fingerprint density at radius 2 is 1.04 bits per heavy atom. The molecule has 8 rings (SSSR count). The summed E-state index contributed by atoms with van der Waals surface area (Å²) in [5.41, 5.74) is 7.28. The number of methoxy groups -OCH3 is 4. The van der Waals surface area contributed by atoms with Gasteiger partial charge in [-0.15, -0.1) is 0 Å². The Morgan fingerprint density at radius 3 is 1.57 bits per heavy atom. The smallest absolute Gasteiger partial charge is 0.222 e. The molecule has 0 bridgehead atoms. The number of aromatic nitrogens is 2. The number of halogens is 2. The normalized spacial score (nSPS) is 16.3. The fourth-order valence-corrected chi connectivity index (χ4v) is 7.70. The minimum atomic E-state index is -1.39. The largest absolute Gasteiger partial charge is 0.497 e. The summed E-state index contributed by atoms with van der Waals surface area (Å²) < 4.78 is 24.4. The Morgan fingerprint density at radius 1 is 0.554 bits per heavy atom. The van der Waals surface area contributed by atoms with E-state index in [1.807, 2.05) is 146 Å². The third-order valence-corrected chi connectivity index (χ3v) is 10.7. The molecule has 2 atom stereocenters. The van der Waals surface area contributed by atoms with E-state index in [1.165, 1.54) is 0 Å². The van der Waals surface area contributed by atoms with E-state index < -0.39 is 11.8 Å². The number of benzene rings is 6. The lowest BCUT2D eigenvalue weighted by Crippen LogP contribution is -2.46. The highest BCUT2D eigenvalue weighted by Crippen LogP contribution is 2.48. The molecule has 0 fully saturated rings. The van der Waals surface area contributed by atoms with E-state index in [1.54, 1.807) is 28.4 Å². The van der Waals surface area contributed by atoms with Gasteiger partial charge < -0.3 is 18.9 Å². The van der Waals surface area contributed by atoms with Crippen LogP contribution in [-0.2, 0) is 5.79 Å². The zero-order chi connectivity index (χ0) is 38.8. The first-order valence-electron chi connectivity index (χ1n) is 17.9. The Bertz CT molecular complexity index is 2520. The maximum absolute atomic E-state index is 7.30. The maximum Gasteiger partial charge on any atom is 0.222 e. The Labute approximate surface area is 335 Å². The van der Waals surface area contributed by atoms with Crippen molar-refractivity contribution in [3.05, 3.63) is 172 Å². The average molecular weight is 782 g/mol. The second-order valence-corrected chi connectivity index (χ2v) is 13.9. The zero-order valence-corrected chi connectivity index (χ0v) is 32.7. The fraction of sp³-hybridized carbons (Fsp3) is 0.130. The molecule has 0 amide bonds. The lowest BCUT2D eigenvalue weighted by atomic mass is 9.97. The quantitative estimate of drug-likeness (QED) is 0.141. The molecule has 1 aliphatic rings. The molecule has 7 aromatic rings. The second-order valence-electron chi connectivity index (χ2n) is 13.1. The van der Waals surface area contributed by atoms with Crippen LogP contribution in [-0.4, -0.2) is 43.7 Å². The molecule has 2 heterocycles. The van der Waals surface area contributed by atoms with Crippen LogP contribution >= 0.6 is 23.2 Å². The highest BCUT2D eigenvalue weighted by Gasteiger charge is 2.48. The predicted octanol–water partition coefficient (Wildman–Crippen LogP) is 10.7. The molecule has 10 heteroatoms. The number of nitrogens with zero attached hydrogens (tertiary/aromatic N) is 3. The predicted molar refractivity (Wildman–Crippen MR) is 224 cm³/mol. The standard InChI is InChI=1S/C46H38Cl2N4O4/c1-53-33-21-13-29(14-22-33)41-42(30-15-23-34(54-2)24-16-30)51-46(50-41,38-10-6-8-12-40(38)48)52-44(32-19-27-36(56-4)28-20-32)43(31-17-25-35(55-3)26-18-31)49-45(52)37-9-5-7-11-39(37)47/h5-28,41,50H,1-4H3. The summed E-state index contributed by atoms with van der Waals surface area (Å²) >= 11 is 14.4. The number of rotatable bonds is 11. The van der Waals surface area contributed by atoms with Crippen LogP contribution in [0.5, 0.6) is 23.0 Å². The summed E-state index contributed by atoms with van der Waals surface area (Å²) in [4.78, 5) is 11.3. The van der Waals surface area contributed by atoms with Crippen molar-refractivity contribution in [3.8, 4) is 56.9 Å². The molecular formula is C46H38Cl2N4O4. The van der Waals surface area contributed by atoms with Gasteiger partial charge in [-0.2, -0.15) is 0 Å². The van der Waals surface area contributed by atoms with Crippen LogP contribution in [0.25, 0.3) is 33.9 Å². The topological polar surface area (TPSA) is 79.1 Å². The molecule has 8 nitrogen and oxygen atoms in total.